The molecule has 0 saturated carbocycles. The van der Waals surface area contributed by atoms with Crippen molar-refractivity contribution in [1.82, 2.24) is 5.32 Å². The summed E-state index contributed by atoms with van der Waals surface area (Å²) in [7, 11) is 0. The molecule has 14 nitrogen and oxygen atoms in total. The Morgan fingerprint density at radius 2 is 0.852 bits per heavy atom. The van der Waals surface area contributed by atoms with Gasteiger partial charge in [0, 0.05) is 6.42 Å². The van der Waals surface area contributed by atoms with Crippen molar-refractivity contribution in [3.05, 3.63) is 146 Å². The fourth-order valence-corrected chi connectivity index (χ4v) is 8.88. The van der Waals surface area contributed by atoms with E-state index in [9.17, 15) is 45.6 Å². The summed E-state index contributed by atoms with van der Waals surface area (Å²) in [4.78, 5) is 13.2. The van der Waals surface area contributed by atoms with Gasteiger partial charge in [0.15, 0.2) is 12.6 Å². The Labute approximate surface area is 487 Å². The average molecular weight is 1130 g/mol. The summed E-state index contributed by atoms with van der Waals surface area (Å²) < 4.78 is 22.7. The zero-order valence-corrected chi connectivity index (χ0v) is 49.2. The third kappa shape index (κ3) is 35.6. The molecule has 2 fully saturated rings. The summed E-state index contributed by atoms with van der Waals surface area (Å²) >= 11 is 0. The average Bonchev–Trinajstić information content (AvgIpc) is 3.51. The second kappa shape index (κ2) is 50.4. The van der Waals surface area contributed by atoms with Gasteiger partial charge in [-0.15, -0.1) is 0 Å². The predicted octanol–water partition coefficient (Wildman–Crippen LogP) is 10.9. The monoisotopic (exact) mass is 1130 g/mol. The molecule has 2 aliphatic rings. The van der Waals surface area contributed by atoms with E-state index in [4.69, 9.17) is 18.9 Å². The lowest BCUT2D eigenvalue weighted by molar-refractivity contribution is -0.359. The highest BCUT2D eigenvalue weighted by atomic mass is 16.7. The Morgan fingerprint density at radius 3 is 1.31 bits per heavy atom. The maximum atomic E-state index is 13.2. The molecule has 458 valence electrons. The zero-order valence-electron chi connectivity index (χ0n) is 49.2. The first kappa shape index (κ1) is 73.0. The summed E-state index contributed by atoms with van der Waals surface area (Å²) in [6, 6.07) is -0.933. The van der Waals surface area contributed by atoms with Crippen molar-refractivity contribution in [2.24, 2.45) is 0 Å². The van der Waals surface area contributed by atoms with E-state index in [1.807, 2.05) is 6.08 Å². The van der Waals surface area contributed by atoms with Crippen molar-refractivity contribution in [3.8, 4) is 0 Å². The normalized spacial score (nSPS) is 25.2. The van der Waals surface area contributed by atoms with E-state index in [1.54, 1.807) is 6.08 Å². The van der Waals surface area contributed by atoms with Crippen molar-refractivity contribution < 1.29 is 64.6 Å². The quantitative estimate of drug-likeness (QED) is 0.0204. The number of nitrogens with one attached hydrogen (secondary N) is 1. The minimum Gasteiger partial charge on any atom is -0.394 e. The number of aliphatic hydroxyl groups is 8. The van der Waals surface area contributed by atoms with E-state index < -0.39 is 86.8 Å². The number of carbonyl (C=O) groups excluding carboxylic acids is 1. The highest BCUT2D eigenvalue weighted by molar-refractivity contribution is 5.76. The van der Waals surface area contributed by atoms with Crippen LogP contribution in [0.2, 0.25) is 0 Å². The van der Waals surface area contributed by atoms with Crippen molar-refractivity contribution in [3.63, 3.8) is 0 Å². The van der Waals surface area contributed by atoms with E-state index >= 15 is 0 Å². The maximum Gasteiger partial charge on any atom is 0.220 e. The van der Waals surface area contributed by atoms with Crippen LogP contribution in [0, 0.1) is 0 Å². The molecule has 0 spiro atoms. The topological polar surface area (TPSA) is 228 Å². The molecule has 2 rings (SSSR count). The summed E-state index contributed by atoms with van der Waals surface area (Å²) in [6.07, 6.45) is 59.3. The second-order valence-electron chi connectivity index (χ2n) is 20.7. The Balaban J connectivity index is 1.62. The van der Waals surface area contributed by atoms with Crippen LogP contribution in [0.15, 0.2) is 146 Å². The first-order chi connectivity index (χ1) is 39.6. The van der Waals surface area contributed by atoms with E-state index in [0.29, 0.717) is 6.42 Å². The molecule has 0 aliphatic carbocycles. The van der Waals surface area contributed by atoms with Crippen LogP contribution < -0.4 is 5.32 Å². The van der Waals surface area contributed by atoms with Crippen LogP contribution in [0.25, 0.3) is 0 Å². The van der Waals surface area contributed by atoms with Gasteiger partial charge in [0.05, 0.1) is 32.0 Å². The molecule has 12 atom stereocenters. The fourth-order valence-electron chi connectivity index (χ4n) is 8.88. The number of rotatable bonds is 46. The van der Waals surface area contributed by atoms with Gasteiger partial charge < -0.3 is 65.1 Å². The zero-order chi connectivity index (χ0) is 58.8. The standard InChI is InChI=1S/C67H107NO13/c1-3-5-7-9-11-13-14-15-16-17-18-19-20-21-22-23-24-25-26-27-28-29-30-31-32-33-34-35-36-37-38-39-40-41-42-43-45-47-49-51-59(72)68-55(56(71)50-48-46-44-12-10-8-6-4-2)54-78-66-64(77)62(75)65(58(53-70)80-66)81-67-63(76)61(74)60(73)57(52-69)79-67/h5,7,11,13,15-16,18-19,21-22,24-25,27-28,30-31,33-34,36-37,39-40,48,50,55-58,60-67,69-71,73-77H,3-4,6,8-10,12,14,17,20,23,26,29,32,35,38,41-47,49,51-54H2,1-2H3,(H,68,72)/b7-5-,13-11-,16-15-,19-18-,22-21-,25-24-,28-27-,31-30-,34-33-,37-36-,40-39-,50-48+. The second-order valence-corrected chi connectivity index (χ2v) is 20.7. The SMILES string of the molecule is CC/C=C\C/C=C\C/C=C\C/C=C\C/C=C\C/C=C\C/C=C\C/C=C\C/C=C\C/C=C\C/C=C\CCCCCCCC(=O)NC(COC1OC(CO)C(OC2OC(CO)C(O)C(O)C2O)C(O)C1O)C(O)/C=C/CCCCCCCC. The Kier molecular flexibility index (Phi) is 45.4. The van der Waals surface area contributed by atoms with Gasteiger partial charge in [-0.3, -0.25) is 4.79 Å². The maximum absolute atomic E-state index is 13.2. The van der Waals surface area contributed by atoms with Crippen LogP contribution in [-0.4, -0.2) is 140 Å². The van der Waals surface area contributed by atoms with Crippen molar-refractivity contribution in [2.75, 3.05) is 19.8 Å². The predicted molar refractivity (Wildman–Crippen MR) is 327 cm³/mol. The molecule has 1 amide bonds. The van der Waals surface area contributed by atoms with Crippen LogP contribution >= 0.6 is 0 Å². The Bertz CT molecular complexity index is 1910. The lowest BCUT2D eigenvalue weighted by atomic mass is 9.97. The van der Waals surface area contributed by atoms with Gasteiger partial charge in [0.2, 0.25) is 5.91 Å². The molecule has 0 bridgehead atoms. The van der Waals surface area contributed by atoms with E-state index in [1.165, 1.54) is 19.3 Å². The number of carbonyl (C=O) groups is 1. The van der Waals surface area contributed by atoms with Crippen LogP contribution in [-0.2, 0) is 23.7 Å². The molecule has 14 heteroatoms. The van der Waals surface area contributed by atoms with Crippen molar-refractivity contribution in [1.29, 1.82) is 0 Å². The summed E-state index contributed by atoms with van der Waals surface area (Å²) in [5.74, 6) is -0.269. The minimum absolute atomic E-state index is 0.248. The molecule has 9 N–H and O–H groups in total. The molecular weight excluding hydrogens is 1030 g/mol. The number of hydrogen-bond acceptors (Lipinski definition) is 13. The van der Waals surface area contributed by atoms with Crippen LogP contribution in [0.1, 0.15) is 174 Å². The van der Waals surface area contributed by atoms with E-state index in [0.717, 1.165) is 128 Å². The molecule has 12 unspecified atom stereocenters. The molecule has 0 aromatic carbocycles. The molecule has 0 radical (unpaired) electrons. The fraction of sp³-hybridized carbons (Fsp3) is 0.627. The Hall–Kier alpha value is -4.13. The van der Waals surface area contributed by atoms with Crippen molar-refractivity contribution in [2.45, 2.75) is 248 Å². The van der Waals surface area contributed by atoms with E-state index in [2.05, 4.69) is 153 Å². The lowest BCUT2D eigenvalue weighted by Gasteiger charge is -2.46. The van der Waals surface area contributed by atoms with Crippen LogP contribution in [0.4, 0.5) is 0 Å². The third-order valence-electron chi connectivity index (χ3n) is 13.8. The largest absolute Gasteiger partial charge is 0.394 e. The summed E-state index contributed by atoms with van der Waals surface area (Å²) in [5, 5.41) is 86.7. The highest BCUT2D eigenvalue weighted by Gasteiger charge is 2.51. The summed E-state index contributed by atoms with van der Waals surface area (Å²) in [6.45, 7) is 2.58. The number of unbranched alkanes of at least 4 members (excludes halogenated alkanes) is 11. The third-order valence-corrected chi connectivity index (χ3v) is 13.8. The van der Waals surface area contributed by atoms with Gasteiger partial charge in [0.1, 0.15) is 48.8 Å². The molecule has 0 aromatic rings. The molecule has 2 heterocycles. The van der Waals surface area contributed by atoms with Gasteiger partial charge >= 0.3 is 0 Å². The molecular formula is C67H107NO13. The molecule has 0 aromatic heterocycles. The Morgan fingerprint density at radius 1 is 0.457 bits per heavy atom. The van der Waals surface area contributed by atoms with Gasteiger partial charge in [-0.05, 0) is 103 Å². The van der Waals surface area contributed by atoms with E-state index in [-0.39, 0.29) is 18.9 Å². The highest BCUT2D eigenvalue weighted by Crippen LogP contribution is 2.30. The summed E-state index contributed by atoms with van der Waals surface area (Å²) in [5.41, 5.74) is 0. The van der Waals surface area contributed by atoms with Crippen molar-refractivity contribution >= 4 is 5.91 Å². The first-order valence-electron chi connectivity index (χ1n) is 30.6. The van der Waals surface area contributed by atoms with Gasteiger partial charge in [-0.1, -0.05) is 211 Å². The molecule has 2 aliphatic heterocycles. The first-order valence-corrected chi connectivity index (χ1v) is 30.6. The number of ether oxygens (including phenoxy) is 4. The minimum atomic E-state index is -1.80. The van der Waals surface area contributed by atoms with Crippen LogP contribution in [0.3, 0.4) is 0 Å². The number of amides is 1. The molecule has 81 heavy (non-hydrogen) atoms. The van der Waals surface area contributed by atoms with Gasteiger partial charge in [-0.2, -0.15) is 0 Å². The number of aliphatic hydroxyl groups excluding tert-OH is 8. The molecule has 2 saturated heterocycles. The number of hydrogen-bond donors (Lipinski definition) is 9. The van der Waals surface area contributed by atoms with Gasteiger partial charge in [0.25, 0.3) is 0 Å². The van der Waals surface area contributed by atoms with Gasteiger partial charge in [-0.25, -0.2) is 0 Å². The lowest BCUT2D eigenvalue weighted by Crippen LogP contribution is -2.65. The smallest absolute Gasteiger partial charge is 0.220 e. The van der Waals surface area contributed by atoms with Crippen LogP contribution in [0.5, 0.6) is 0 Å². The number of allylic oxidation sites excluding steroid dienone is 23.